The van der Waals surface area contributed by atoms with Gasteiger partial charge in [0.15, 0.2) is 5.82 Å². The van der Waals surface area contributed by atoms with Gasteiger partial charge in [0.1, 0.15) is 23.9 Å². The first-order chi connectivity index (χ1) is 17.6. The number of carbonyl (C=O) groups excluding carboxylic acids is 2. The number of amides is 1. The molecular weight excluding hydrogens is 494 g/mol. The summed E-state index contributed by atoms with van der Waals surface area (Å²) in [5.74, 6) is -4.82. The molecule has 1 aromatic heterocycles. The molecule has 16 heteroatoms. The third-order valence-electron chi connectivity index (χ3n) is 5.08. The molecule has 0 radical (unpaired) electrons. The number of aromatic nitrogens is 2. The molecule has 0 spiro atoms. The van der Waals surface area contributed by atoms with Crippen LogP contribution >= 0.6 is 0 Å². The van der Waals surface area contributed by atoms with Crippen molar-refractivity contribution in [3.8, 4) is 0 Å². The number of H-pyrrole nitrogens is 1. The number of aliphatic carboxylic acids is 2. The number of carbonyl (C=O) groups is 5. The van der Waals surface area contributed by atoms with Gasteiger partial charge in [-0.15, -0.1) is 0 Å². The second kappa shape index (κ2) is 13.1. The van der Waals surface area contributed by atoms with Crippen LogP contribution < -0.4 is 32.6 Å². The Hall–Kier alpha value is -5.15. The van der Waals surface area contributed by atoms with Gasteiger partial charge in [0.2, 0.25) is 5.95 Å². The maximum absolute atomic E-state index is 12.4. The molecule has 1 aliphatic rings. The van der Waals surface area contributed by atoms with Crippen molar-refractivity contribution in [1.29, 1.82) is 0 Å². The number of nitrogen functional groups attached to an aromatic ring is 1. The van der Waals surface area contributed by atoms with E-state index in [-0.39, 0.29) is 36.0 Å². The highest BCUT2D eigenvalue weighted by molar-refractivity contribution is 5.97. The number of nitrogens with one attached hydrogen (secondary N) is 5. The van der Waals surface area contributed by atoms with E-state index in [2.05, 4.69) is 31.2 Å². The van der Waals surface area contributed by atoms with Crippen molar-refractivity contribution < 1.29 is 39.3 Å². The maximum atomic E-state index is 12.4. The summed E-state index contributed by atoms with van der Waals surface area (Å²) in [6, 6.07) is 4.44. The minimum atomic E-state index is -1.55. The van der Waals surface area contributed by atoms with Gasteiger partial charge in [0.25, 0.3) is 17.9 Å². The van der Waals surface area contributed by atoms with Crippen LogP contribution in [0.25, 0.3) is 0 Å². The van der Waals surface area contributed by atoms with E-state index in [9.17, 15) is 29.1 Å². The van der Waals surface area contributed by atoms with Crippen LogP contribution in [-0.2, 0) is 19.2 Å². The smallest absolute Gasteiger partial charge is 0.326 e. The van der Waals surface area contributed by atoms with E-state index in [1.165, 1.54) is 12.1 Å². The van der Waals surface area contributed by atoms with Crippen molar-refractivity contribution in [2.24, 2.45) is 5.92 Å². The number of anilines is 4. The molecule has 16 nitrogen and oxygen atoms in total. The summed E-state index contributed by atoms with van der Waals surface area (Å²) in [6.07, 6.45) is -0.446. The molecule has 0 aliphatic carbocycles. The molecule has 0 bridgehead atoms. The number of hydrogen-bond donors (Lipinski definition) is 9. The van der Waals surface area contributed by atoms with E-state index in [1.807, 2.05) is 0 Å². The third kappa shape index (κ3) is 7.94. The van der Waals surface area contributed by atoms with Crippen LogP contribution in [0.4, 0.5) is 23.1 Å². The first-order valence-corrected chi connectivity index (χ1v) is 10.6. The van der Waals surface area contributed by atoms with Crippen molar-refractivity contribution >= 4 is 53.7 Å². The predicted octanol–water partition coefficient (Wildman–Crippen LogP) is -1.16. The van der Waals surface area contributed by atoms with Crippen LogP contribution in [0, 0.1) is 5.92 Å². The fourth-order valence-corrected chi connectivity index (χ4v) is 3.26. The monoisotopic (exact) mass is 519 g/mol. The topological polar surface area (TPSA) is 266 Å². The van der Waals surface area contributed by atoms with Gasteiger partial charge >= 0.3 is 11.9 Å². The number of nitrogens with zero attached hydrogens (tertiary/aromatic N) is 1. The predicted molar refractivity (Wildman–Crippen MR) is 129 cm³/mol. The summed E-state index contributed by atoms with van der Waals surface area (Å²) in [7, 11) is 0. The highest BCUT2D eigenvalue weighted by Gasteiger charge is 2.28. The molecule has 1 aromatic carbocycles. The third-order valence-corrected chi connectivity index (χ3v) is 5.08. The summed E-state index contributed by atoms with van der Waals surface area (Å²) < 4.78 is 0. The van der Waals surface area contributed by atoms with Gasteiger partial charge in [-0.25, -0.2) is 4.79 Å². The summed E-state index contributed by atoms with van der Waals surface area (Å²) >= 11 is 0. The molecule has 0 fully saturated rings. The largest absolute Gasteiger partial charge is 0.483 e. The Morgan fingerprint density at radius 3 is 2.38 bits per heavy atom. The van der Waals surface area contributed by atoms with Crippen molar-refractivity contribution in [2.75, 3.05) is 34.8 Å². The van der Waals surface area contributed by atoms with Gasteiger partial charge in [-0.3, -0.25) is 24.2 Å². The highest BCUT2D eigenvalue weighted by Crippen LogP contribution is 2.20. The molecular formula is C21H25N7O9. The lowest BCUT2D eigenvalue weighted by molar-refractivity contribution is -0.145. The van der Waals surface area contributed by atoms with E-state index in [0.29, 0.717) is 24.6 Å². The lowest BCUT2D eigenvalue weighted by Gasteiger charge is -2.27. The van der Waals surface area contributed by atoms with Crippen molar-refractivity contribution in [2.45, 2.75) is 18.5 Å². The SMILES string of the molecule is Nc1nc2c(c(=O)[nH]1)NC(CNc1ccc(C(=O)NC(CC(C=O)C(=O)O)C(=O)O)cc1)CN2.O=CO. The molecule has 3 atom stereocenters. The molecule has 198 valence electrons. The Morgan fingerprint density at radius 2 is 1.81 bits per heavy atom. The second-order valence-electron chi connectivity index (χ2n) is 7.64. The van der Waals surface area contributed by atoms with Crippen LogP contribution in [0.2, 0.25) is 0 Å². The molecule has 1 aliphatic heterocycles. The van der Waals surface area contributed by atoms with E-state index in [4.69, 9.17) is 20.7 Å². The van der Waals surface area contributed by atoms with Gasteiger partial charge in [-0.1, -0.05) is 0 Å². The van der Waals surface area contributed by atoms with Gasteiger partial charge < -0.3 is 47.1 Å². The quantitative estimate of drug-likeness (QED) is 0.132. The summed E-state index contributed by atoms with van der Waals surface area (Å²) in [4.78, 5) is 72.4. The first kappa shape index (κ1) is 28.1. The normalized spacial score (nSPS) is 15.1. The number of aldehydes is 1. The summed E-state index contributed by atoms with van der Waals surface area (Å²) in [5.41, 5.74) is 6.23. The Labute approximate surface area is 208 Å². The first-order valence-electron chi connectivity index (χ1n) is 10.6. The average molecular weight is 519 g/mol. The molecule has 37 heavy (non-hydrogen) atoms. The van der Waals surface area contributed by atoms with Crippen LogP contribution in [0.5, 0.6) is 0 Å². The van der Waals surface area contributed by atoms with Crippen LogP contribution in [-0.4, -0.2) is 81.1 Å². The van der Waals surface area contributed by atoms with Crippen LogP contribution in [0.1, 0.15) is 16.8 Å². The number of carboxylic acids is 2. The van der Waals surface area contributed by atoms with Crippen LogP contribution in [0.15, 0.2) is 29.1 Å². The lowest BCUT2D eigenvalue weighted by atomic mass is 10.0. The maximum Gasteiger partial charge on any atom is 0.326 e. The van der Waals surface area contributed by atoms with E-state index < -0.39 is 41.8 Å². The van der Waals surface area contributed by atoms with Gasteiger partial charge in [-0.05, 0) is 30.7 Å². The fraction of sp³-hybridized carbons (Fsp3) is 0.286. The molecule has 0 saturated heterocycles. The number of hydrogen-bond acceptors (Lipinski definition) is 11. The molecule has 0 saturated carbocycles. The number of aromatic amines is 1. The minimum absolute atomic E-state index is 0.0128. The van der Waals surface area contributed by atoms with Crippen molar-refractivity contribution in [3.63, 3.8) is 0 Å². The van der Waals surface area contributed by atoms with Gasteiger partial charge in [-0.2, -0.15) is 4.98 Å². The van der Waals surface area contributed by atoms with Crippen molar-refractivity contribution in [3.05, 3.63) is 40.2 Å². The fourth-order valence-electron chi connectivity index (χ4n) is 3.26. The molecule has 3 unspecified atom stereocenters. The average Bonchev–Trinajstić information content (AvgIpc) is 2.85. The number of carboxylic acid groups (broad SMARTS) is 3. The van der Waals surface area contributed by atoms with Crippen LogP contribution in [0.3, 0.4) is 0 Å². The number of benzene rings is 1. The van der Waals surface area contributed by atoms with Gasteiger partial charge in [0.05, 0.1) is 6.04 Å². The number of rotatable bonds is 10. The van der Waals surface area contributed by atoms with E-state index >= 15 is 0 Å². The second-order valence-corrected chi connectivity index (χ2v) is 7.64. The molecule has 2 heterocycles. The summed E-state index contributed by atoms with van der Waals surface area (Å²) in [6.45, 7) is 0.649. The standard InChI is InChI=1S/C20H23N7O7.CH2O2/c21-20-26-15-14(17(30)27-20)24-12(7-23-15)6-22-11-3-1-9(2-4-11)16(29)25-13(19(33)34)5-10(8-28)18(31)32;2-1-3/h1-4,8,10,12-13,22,24H,5-7H2,(H,25,29)(H,31,32)(H,33,34)(H4,21,23,26,27,30);1H,(H,2,3). The zero-order valence-electron chi connectivity index (χ0n) is 19.1. The Morgan fingerprint density at radius 1 is 1.16 bits per heavy atom. The Kier molecular flexibility index (Phi) is 9.93. The Bertz CT molecular complexity index is 1200. The molecule has 10 N–H and O–H groups in total. The molecule has 2 aromatic rings. The highest BCUT2D eigenvalue weighted by atomic mass is 16.4. The van der Waals surface area contributed by atoms with E-state index in [0.717, 1.165) is 0 Å². The zero-order chi connectivity index (χ0) is 27.5. The number of fused-ring (bicyclic) bond motifs is 1. The molecule has 1 amide bonds. The van der Waals surface area contributed by atoms with Crippen molar-refractivity contribution in [1.82, 2.24) is 15.3 Å². The zero-order valence-corrected chi connectivity index (χ0v) is 19.1. The van der Waals surface area contributed by atoms with E-state index in [1.54, 1.807) is 12.1 Å². The number of nitrogens with two attached hydrogens (primary N) is 1. The summed E-state index contributed by atoms with van der Waals surface area (Å²) in [5, 5.41) is 36.6. The van der Waals surface area contributed by atoms with Gasteiger partial charge in [0, 0.05) is 24.3 Å². The minimum Gasteiger partial charge on any atom is -0.483 e. The Balaban J connectivity index is 0.00000153. The molecule has 3 rings (SSSR count). The lowest BCUT2D eigenvalue weighted by Crippen LogP contribution is -2.43.